The maximum atomic E-state index is 11.4. The van der Waals surface area contributed by atoms with Crippen LogP contribution in [0.5, 0.6) is 11.5 Å². The van der Waals surface area contributed by atoms with Gasteiger partial charge in [0, 0.05) is 19.0 Å². The molecule has 1 heterocycles. The van der Waals surface area contributed by atoms with Crippen molar-refractivity contribution in [1.29, 1.82) is 0 Å². The number of hydrogen-bond acceptors (Lipinski definition) is 4. The average Bonchev–Trinajstić information content (AvgIpc) is 2.48. The molecule has 0 saturated carbocycles. The topological polar surface area (TPSA) is 38.8 Å². The van der Waals surface area contributed by atoms with E-state index >= 15 is 0 Å². The Bertz CT molecular complexity index is 447. The number of benzene rings is 1. The number of nitrogens with zero attached hydrogens (tertiary/aromatic N) is 1. The summed E-state index contributed by atoms with van der Waals surface area (Å²) in [6, 6.07) is 7.66. The van der Waals surface area contributed by atoms with Gasteiger partial charge < -0.3 is 9.47 Å². The minimum Gasteiger partial charge on any atom is -0.493 e. The molecule has 0 spiro atoms. The van der Waals surface area contributed by atoms with Crippen molar-refractivity contribution >= 4 is 5.78 Å². The van der Waals surface area contributed by atoms with Crippen LogP contribution in [0.4, 0.5) is 0 Å². The lowest BCUT2D eigenvalue weighted by Gasteiger charge is -2.31. The van der Waals surface area contributed by atoms with Crippen LogP contribution in [0.15, 0.2) is 24.3 Å². The van der Waals surface area contributed by atoms with Crippen LogP contribution in [0.25, 0.3) is 0 Å². The van der Waals surface area contributed by atoms with E-state index in [4.69, 9.17) is 9.47 Å². The minimum atomic E-state index is 0.204. The Morgan fingerprint density at radius 3 is 2.80 bits per heavy atom. The Kier molecular flexibility index (Phi) is 5.41. The van der Waals surface area contributed by atoms with Crippen LogP contribution in [0.2, 0.25) is 0 Å². The van der Waals surface area contributed by atoms with Gasteiger partial charge in [0.1, 0.15) is 12.4 Å². The highest BCUT2D eigenvalue weighted by atomic mass is 16.5. The third-order valence-electron chi connectivity index (χ3n) is 3.81. The Morgan fingerprint density at radius 1 is 1.35 bits per heavy atom. The van der Waals surface area contributed by atoms with Gasteiger partial charge in [0.15, 0.2) is 11.5 Å². The summed E-state index contributed by atoms with van der Waals surface area (Å²) in [7, 11) is 1.64. The molecule has 4 heteroatoms. The number of carbonyl (C=O) groups is 1. The number of Topliss-reactive ketones (excluding diaryl/α,β-unsaturated/α-hetero) is 1. The van der Waals surface area contributed by atoms with Gasteiger partial charge in [-0.05, 0) is 38.4 Å². The molecule has 0 amide bonds. The summed E-state index contributed by atoms with van der Waals surface area (Å²) >= 11 is 0. The molecule has 0 N–H and O–H groups in total. The van der Waals surface area contributed by atoms with Crippen LogP contribution in [0.3, 0.4) is 0 Å². The first kappa shape index (κ1) is 14.9. The number of ketones is 1. The first-order valence-electron chi connectivity index (χ1n) is 7.19. The molecule has 1 unspecified atom stereocenters. The fourth-order valence-corrected chi connectivity index (χ4v) is 2.61. The lowest BCUT2D eigenvalue weighted by Crippen LogP contribution is -2.40. The number of para-hydroxylation sites is 2. The van der Waals surface area contributed by atoms with Gasteiger partial charge in [-0.1, -0.05) is 12.1 Å². The summed E-state index contributed by atoms with van der Waals surface area (Å²) in [4.78, 5) is 13.8. The molecule has 110 valence electrons. The summed E-state index contributed by atoms with van der Waals surface area (Å²) in [5.41, 5.74) is 0. The number of carbonyl (C=O) groups excluding carboxylic acids is 1. The maximum absolute atomic E-state index is 11.4. The lowest BCUT2D eigenvalue weighted by atomic mass is 9.95. The Hall–Kier alpha value is -1.55. The predicted molar refractivity (Wildman–Crippen MR) is 78.3 cm³/mol. The van der Waals surface area contributed by atoms with Crippen molar-refractivity contribution in [3.8, 4) is 11.5 Å². The van der Waals surface area contributed by atoms with E-state index in [1.807, 2.05) is 24.3 Å². The number of hydrogen-bond donors (Lipinski definition) is 0. The molecule has 1 saturated heterocycles. The fourth-order valence-electron chi connectivity index (χ4n) is 2.61. The first-order valence-corrected chi connectivity index (χ1v) is 7.19. The highest BCUT2D eigenvalue weighted by Gasteiger charge is 2.22. The van der Waals surface area contributed by atoms with Crippen molar-refractivity contribution in [1.82, 2.24) is 4.90 Å². The maximum Gasteiger partial charge on any atom is 0.161 e. The molecule has 0 aliphatic carbocycles. The molecule has 0 bridgehead atoms. The molecule has 2 rings (SSSR count). The van der Waals surface area contributed by atoms with Gasteiger partial charge in [-0.15, -0.1) is 0 Å². The lowest BCUT2D eigenvalue weighted by molar-refractivity contribution is -0.122. The number of likely N-dealkylation sites (tertiary alicyclic amines) is 1. The van der Waals surface area contributed by atoms with Gasteiger partial charge in [0.05, 0.1) is 7.11 Å². The smallest absolute Gasteiger partial charge is 0.161 e. The zero-order valence-corrected chi connectivity index (χ0v) is 12.3. The SMILES string of the molecule is COc1ccccc1OCCN1CCCC(C(C)=O)C1. The molecule has 20 heavy (non-hydrogen) atoms. The molecule has 0 aromatic heterocycles. The summed E-state index contributed by atoms with van der Waals surface area (Å²) in [6.07, 6.45) is 2.12. The minimum absolute atomic E-state index is 0.204. The molecule has 1 aliphatic heterocycles. The van der Waals surface area contributed by atoms with Crippen molar-refractivity contribution in [3.63, 3.8) is 0 Å². The zero-order chi connectivity index (χ0) is 14.4. The number of methoxy groups -OCH3 is 1. The number of ether oxygens (including phenoxy) is 2. The van der Waals surface area contributed by atoms with Gasteiger partial charge in [-0.3, -0.25) is 9.69 Å². The van der Waals surface area contributed by atoms with E-state index in [1.54, 1.807) is 14.0 Å². The van der Waals surface area contributed by atoms with Gasteiger partial charge in [0.2, 0.25) is 0 Å². The molecule has 1 aromatic carbocycles. The van der Waals surface area contributed by atoms with Gasteiger partial charge in [0.25, 0.3) is 0 Å². The fraction of sp³-hybridized carbons (Fsp3) is 0.562. The summed E-state index contributed by atoms with van der Waals surface area (Å²) < 4.78 is 11.0. The Labute approximate surface area is 120 Å². The third kappa shape index (κ3) is 3.97. The van der Waals surface area contributed by atoms with E-state index in [9.17, 15) is 4.79 Å². The number of piperidine rings is 1. The quantitative estimate of drug-likeness (QED) is 0.800. The normalized spacial score (nSPS) is 19.6. The van der Waals surface area contributed by atoms with Crippen LogP contribution in [0, 0.1) is 5.92 Å². The standard InChI is InChI=1S/C16H23NO3/c1-13(18)14-6-5-9-17(12-14)10-11-20-16-8-4-3-7-15(16)19-2/h3-4,7-8,14H,5-6,9-12H2,1-2H3. The van der Waals surface area contributed by atoms with E-state index in [0.29, 0.717) is 12.4 Å². The first-order chi connectivity index (χ1) is 9.70. The van der Waals surface area contributed by atoms with Crippen LogP contribution < -0.4 is 9.47 Å². The average molecular weight is 277 g/mol. The summed E-state index contributed by atoms with van der Waals surface area (Å²) in [5.74, 6) is 2.04. The predicted octanol–water partition coefficient (Wildman–Crippen LogP) is 2.38. The van der Waals surface area contributed by atoms with E-state index < -0.39 is 0 Å². The van der Waals surface area contributed by atoms with Crippen molar-refractivity contribution in [3.05, 3.63) is 24.3 Å². The summed E-state index contributed by atoms with van der Waals surface area (Å²) in [5, 5.41) is 0. The van der Waals surface area contributed by atoms with Gasteiger partial charge in [-0.25, -0.2) is 0 Å². The molecule has 0 radical (unpaired) electrons. The van der Waals surface area contributed by atoms with Gasteiger partial charge in [-0.2, -0.15) is 0 Å². The van der Waals surface area contributed by atoms with Crippen molar-refractivity contribution in [2.45, 2.75) is 19.8 Å². The van der Waals surface area contributed by atoms with Crippen LogP contribution >= 0.6 is 0 Å². The van der Waals surface area contributed by atoms with Crippen LogP contribution in [0.1, 0.15) is 19.8 Å². The van der Waals surface area contributed by atoms with E-state index in [-0.39, 0.29) is 5.92 Å². The molecule has 1 aromatic rings. The van der Waals surface area contributed by atoms with Crippen molar-refractivity contribution < 1.29 is 14.3 Å². The van der Waals surface area contributed by atoms with Gasteiger partial charge >= 0.3 is 0 Å². The monoisotopic (exact) mass is 277 g/mol. The molecule has 1 fully saturated rings. The third-order valence-corrected chi connectivity index (χ3v) is 3.81. The molecular weight excluding hydrogens is 254 g/mol. The van der Waals surface area contributed by atoms with E-state index in [1.165, 1.54) is 0 Å². The van der Waals surface area contributed by atoms with E-state index in [2.05, 4.69) is 4.90 Å². The second kappa shape index (κ2) is 7.29. The Balaban J connectivity index is 1.79. The Morgan fingerprint density at radius 2 is 2.10 bits per heavy atom. The molecule has 1 atom stereocenters. The highest BCUT2D eigenvalue weighted by molar-refractivity contribution is 5.78. The second-order valence-electron chi connectivity index (χ2n) is 5.25. The molecule has 1 aliphatic rings. The number of rotatable bonds is 6. The van der Waals surface area contributed by atoms with Crippen molar-refractivity contribution in [2.24, 2.45) is 5.92 Å². The van der Waals surface area contributed by atoms with Crippen LogP contribution in [-0.2, 0) is 4.79 Å². The summed E-state index contributed by atoms with van der Waals surface area (Å²) in [6.45, 7) is 5.08. The zero-order valence-electron chi connectivity index (χ0n) is 12.3. The molecule has 4 nitrogen and oxygen atoms in total. The molecular formula is C16H23NO3. The van der Waals surface area contributed by atoms with Crippen molar-refractivity contribution in [2.75, 3.05) is 33.4 Å². The van der Waals surface area contributed by atoms with Crippen LogP contribution in [-0.4, -0.2) is 44.0 Å². The second-order valence-corrected chi connectivity index (χ2v) is 5.25. The highest BCUT2D eigenvalue weighted by Crippen LogP contribution is 2.25. The van der Waals surface area contributed by atoms with E-state index in [0.717, 1.165) is 44.0 Å². The largest absolute Gasteiger partial charge is 0.493 e.